The van der Waals surface area contributed by atoms with Crippen LogP contribution >= 0.6 is 11.3 Å². The molecule has 1 saturated heterocycles. The normalized spacial score (nSPS) is 15.5. The molecule has 8 rings (SSSR count). The van der Waals surface area contributed by atoms with Crippen molar-refractivity contribution in [3.05, 3.63) is 140 Å². The average molecular weight is 615 g/mol. The van der Waals surface area contributed by atoms with Gasteiger partial charge in [0.1, 0.15) is 0 Å². The molecule has 0 amide bonds. The molecule has 7 aromatic rings. The number of thiophene rings is 1. The summed E-state index contributed by atoms with van der Waals surface area (Å²) < 4.78 is 15.6. The number of hydrogen-bond acceptors (Lipinski definition) is 3. The van der Waals surface area contributed by atoms with E-state index in [4.69, 9.17) is 9.31 Å². The summed E-state index contributed by atoms with van der Waals surface area (Å²) in [6.45, 7) is 8.46. The van der Waals surface area contributed by atoms with Gasteiger partial charge in [-0.15, -0.1) is 11.3 Å². The van der Waals surface area contributed by atoms with E-state index in [1.165, 1.54) is 64.7 Å². The number of benzene rings is 6. The maximum Gasteiger partial charge on any atom is 0.496 e. The van der Waals surface area contributed by atoms with Crippen LogP contribution < -0.4 is 5.46 Å². The second-order valence-electron chi connectivity index (χ2n) is 13.2. The van der Waals surface area contributed by atoms with Gasteiger partial charge in [0.05, 0.1) is 11.2 Å². The zero-order chi connectivity index (χ0) is 31.5. The van der Waals surface area contributed by atoms with Crippen molar-refractivity contribution in [3.8, 4) is 44.5 Å². The Balaban J connectivity index is 1.30. The van der Waals surface area contributed by atoms with Gasteiger partial charge < -0.3 is 9.31 Å². The van der Waals surface area contributed by atoms with Crippen molar-refractivity contribution < 1.29 is 9.31 Å². The van der Waals surface area contributed by atoms with Crippen LogP contribution in [0, 0.1) is 0 Å². The van der Waals surface area contributed by atoms with E-state index in [0.29, 0.717) is 0 Å². The summed E-state index contributed by atoms with van der Waals surface area (Å²) in [5, 5.41) is 2.49. The van der Waals surface area contributed by atoms with E-state index < -0.39 is 18.3 Å². The van der Waals surface area contributed by atoms with E-state index in [1.54, 1.807) is 0 Å². The van der Waals surface area contributed by atoms with Gasteiger partial charge in [0.25, 0.3) is 0 Å². The lowest BCUT2D eigenvalue weighted by Crippen LogP contribution is -2.41. The van der Waals surface area contributed by atoms with Crippen molar-refractivity contribution in [3.63, 3.8) is 0 Å². The summed E-state index contributed by atoms with van der Waals surface area (Å²) in [5.41, 5.74) is 10.0. The molecule has 0 saturated carbocycles. The monoisotopic (exact) mass is 614 g/mol. The molecule has 1 fully saturated rings. The maximum absolute atomic E-state index is 6.55. The molecule has 224 valence electrons. The fourth-order valence-electron chi connectivity index (χ4n) is 6.42. The summed E-state index contributed by atoms with van der Waals surface area (Å²) in [7, 11) is -0.416. The first-order chi connectivity index (χ1) is 22.3. The number of hydrogen-bond donors (Lipinski definition) is 0. The second kappa shape index (κ2) is 11.1. The van der Waals surface area contributed by atoms with Crippen molar-refractivity contribution in [2.24, 2.45) is 0 Å². The summed E-state index contributed by atoms with van der Waals surface area (Å²) in [6.07, 6.45) is 0. The maximum atomic E-state index is 6.55. The van der Waals surface area contributed by atoms with E-state index >= 15 is 0 Å². The van der Waals surface area contributed by atoms with Crippen molar-refractivity contribution in [1.82, 2.24) is 0 Å². The van der Waals surface area contributed by atoms with Gasteiger partial charge in [-0.2, -0.15) is 0 Å². The van der Waals surface area contributed by atoms with Gasteiger partial charge in [0, 0.05) is 31.2 Å². The molecule has 0 radical (unpaired) electrons. The topological polar surface area (TPSA) is 18.5 Å². The van der Waals surface area contributed by atoms with Crippen molar-refractivity contribution in [2.75, 3.05) is 0 Å². The third-order valence-electron chi connectivity index (χ3n) is 9.76. The number of fused-ring (bicyclic) bond motifs is 3. The Hall–Kier alpha value is -4.48. The minimum atomic E-state index is -0.416. The van der Waals surface area contributed by atoms with Gasteiger partial charge in [0.2, 0.25) is 0 Å². The quantitative estimate of drug-likeness (QED) is 0.180. The van der Waals surface area contributed by atoms with Gasteiger partial charge in [-0.25, -0.2) is 0 Å². The van der Waals surface area contributed by atoms with Crippen LogP contribution in [0.1, 0.15) is 27.7 Å². The summed E-state index contributed by atoms with van der Waals surface area (Å²) in [4.78, 5) is 0. The molecule has 2 heterocycles. The molecule has 0 unspecified atom stereocenters. The lowest BCUT2D eigenvalue weighted by Gasteiger charge is -2.32. The molecule has 4 heteroatoms. The molecular formula is C42H35BO2S. The lowest BCUT2D eigenvalue weighted by atomic mass is 9.78. The average Bonchev–Trinajstić information content (AvgIpc) is 3.57. The first kappa shape index (κ1) is 29.0. The molecule has 46 heavy (non-hydrogen) atoms. The molecule has 2 nitrogen and oxygen atoms in total. The minimum Gasteiger partial charge on any atom is -0.399 e. The van der Waals surface area contributed by atoms with Crippen molar-refractivity contribution in [2.45, 2.75) is 38.9 Å². The van der Waals surface area contributed by atoms with E-state index in [-0.39, 0.29) is 0 Å². The van der Waals surface area contributed by atoms with Crippen LogP contribution in [-0.2, 0) is 9.31 Å². The second-order valence-corrected chi connectivity index (χ2v) is 14.2. The smallest absolute Gasteiger partial charge is 0.399 e. The van der Waals surface area contributed by atoms with Crippen LogP contribution in [0.25, 0.3) is 64.7 Å². The SMILES string of the molecule is CC1(C)OB(c2cccc3c2sc2c(-c4ccc(-c5ccccc5)cc4)cc(-c4ccc(-c5ccccc5)cc4)cc23)OC1(C)C. The Kier molecular flexibility index (Phi) is 6.99. The molecule has 1 aromatic heterocycles. The van der Waals surface area contributed by atoms with Crippen LogP contribution in [-0.4, -0.2) is 18.3 Å². The molecule has 0 atom stereocenters. The Morgan fingerprint density at radius 2 is 0.913 bits per heavy atom. The van der Waals surface area contributed by atoms with Gasteiger partial charge in [-0.05, 0) is 78.8 Å². The summed E-state index contributed by atoms with van der Waals surface area (Å²) in [6, 6.07) is 50.4. The number of rotatable bonds is 5. The molecule has 0 aliphatic carbocycles. The third-order valence-corrected chi connectivity index (χ3v) is 11.1. The Morgan fingerprint density at radius 3 is 1.46 bits per heavy atom. The summed E-state index contributed by atoms with van der Waals surface area (Å²) in [5.74, 6) is 0. The van der Waals surface area contributed by atoms with E-state index in [9.17, 15) is 0 Å². The minimum absolute atomic E-state index is 0.402. The van der Waals surface area contributed by atoms with E-state index in [2.05, 4.69) is 167 Å². The van der Waals surface area contributed by atoms with E-state index in [1.807, 2.05) is 11.3 Å². The standard InChI is InChI=1S/C42H35BO2S/c1-41(2)42(3,4)45-43(44-41)38-17-11-16-35-37-27-34(32-20-18-30(19-21-32)28-12-7-5-8-13-28)26-36(39(37)46-40(35)38)33-24-22-31(23-25-33)29-14-9-6-10-15-29/h5-27H,1-4H3. The molecule has 0 spiro atoms. The van der Waals surface area contributed by atoms with Crippen LogP contribution in [0.15, 0.2) is 140 Å². The first-order valence-electron chi connectivity index (χ1n) is 15.9. The summed E-state index contributed by atoms with van der Waals surface area (Å²) >= 11 is 1.84. The molecule has 0 bridgehead atoms. The Bertz CT molecular complexity index is 2170. The van der Waals surface area contributed by atoms with Crippen LogP contribution in [0.4, 0.5) is 0 Å². The van der Waals surface area contributed by atoms with Crippen LogP contribution in [0.5, 0.6) is 0 Å². The highest BCUT2D eigenvalue weighted by molar-refractivity contribution is 7.27. The molecule has 6 aromatic carbocycles. The predicted molar refractivity (Wildman–Crippen MR) is 197 cm³/mol. The lowest BCUT2D eigenvalue weighted by molar-refractivity contribution is 0.00578. The van der Waals surface area contributed by atoms with Crippen LogP contribution in [0.3, 0.4) is 0 Å². The van der Waals surface area contributed by atoms with Gasteiger partial charge >= 0.3 is 7.12 Å². The fraction of sp³-hybridized carbons (Fsp3) is 0.143. The van der Waals surface area contributed by atoms with E-state index in [0.717, 1.165) is 5.46 Å². The highest BCUT2D eigenvalue weighted by Gasteiger charge is 2.52. The predicted octanol–water partition coefficient (Wildman–Crippen LogP) is 11.0. The van der Waals surface area contributed by atoms with Gasteiger partial charge in [-0.1, -0.05) is 127 Å². The van der Waals surface area contributed by atoms with Crippen LogP contribution in [0.2, 0.25) is 0 Å². The third kappa shape index (κ3) is 4.98. The molecule has 1 aliphatic heterocycles. The Morgan fingerprint density at radius 1 is 0.435 bits per heavy atom. The highest BCUT2D eigenvalue weighted by Crippen LogP contribution is 2.44. The Labute approximate surface area is 275 Å². The van der Waals surface area contributed by atoms with Gasteiger partial charge in [0.15, 0.2) is 0 Å². The highest BCUT2D eigenvalue weighted by atomic mass is 32.1. The zero-order valence-corrected chi connectivity index (χ0v) is 27.4. The largest absolute Gasteiger partial charge is 0.496 e. The zero-order valence-electron chi connectivity index (χ0n) is 26.6. The first-order valence-corrected chi connectivity index (χ1v) is 16.8. The van der Waals surface area contributed by atoms with Crippen molar-refractivity contribution >= 4 is 44.1 Å². The molecule has 0 N–H and O–H groups in total. The van der Waals surface area contributed by atoms with Crippen molar-refractivity contribution in [1.29, 1.82) is 0 Å². The molecule has 1 aliphatic rings. The molecular weight excluding hydrogens is 579 g/mol. The fourth-order valence-corrected chi connectivity index (χ4v) is 7.76. The van der Waals surface area contributed by atoms with Gasteiger partial charge in [-0.3, -0.25) is 0 Å².